The number of oxazole rings is 1. The van der Waals surface area contributed by atoms with Crippen LogP contribution in [0.3, 0.4) is 0 Å². The average Bonchev–Trinajstić information content (AvgIpc) is 2.71. The second kappa shape index (κ2) is 3.71. The standard InChI is InChI=1S/C10H5N5O/c11-3-6-1-2-7(14-5-6)10-15-8(4-12)9(13)16-10/h1-2,5H,13H2. The lowest BCUT2D eigenvalue weighted by Gasteiger charge is -1.92. The van der Waals surface area contributed by atoms with Crippen LogP contribution in [0.15, 0.2) is 22.7 Å². The molecule has 6 nitrogen and oxygen atoms in total. The Morgan fingerprint density at radius 1 is 1.25 bits per heavy atom. The first-order chi connectivity index (χ1) is 7.74. The Morgan fingerprint density at radius 2 is 2.06 bits per heavy atom. The molecule has 0 fully saturated rings. The van der Waals surface area contributed by atoms with Gasteiger partial charge in [-0.05, 0) is 12.1 Å². The maximum atomic E-state index is 8.64. The lowest BCUT2D eigenvalue weighted by atomic mass is 10.3. The number of nitrogens with two attached hydrogens (primary N) is 1. The summed E-state index contributed by atoms with van der Waals surface area (Å²) >= 11 is 0. The molecule has 2 aromatic rings. The Labute approximate surface area is 90.6 Å². The summed E-state index contributed by atoms with van der Waals surface area (Å²) in [4.78, 5) is 7.82. The molecule has 0 atom stereocenters. The van der Waals surface area contributed by atoms with Gasteiger partial charge in [-0.25, -0.2) is 4.98 Å². The number of pyridine rings is 1. The van der Waals surface area contributed by atoms with E-state index in [-0.39, 0.29) is 17.5 Å². The molecule has 2 N–H and O–H groups in total. The van der Waals surface area contributed by atoms with Crippen LogP contribution in [0.1, 0.15) is 11.3 Å². The van der Waals surface area contributed by atoms with Crippen molar-refractivity contribution in [2.75, 3.05) is 5.73 Å². The first-order valence-electron chi connectivity index (χ1n) is 4.27. The molecule has 76 valence electrons. The van der Waals surface area contributed by atoms with Crippen molar-refractivity contribution >= 4 is 5.88 Å². The summed E-state index contributed by atoms with van der Waals surface area (Å²) in [7, 11) is 0. The predicted molar refractivity (Wildman–Crippen MR) is 53.6 cm³/mol. The second-order valence-corrected chi connectivity index (χ2v) is 2.89. The molecule has 0 unspecified atom stereocenters. The third kappa shape index (κ3) is 1.56. The number of rotatable bonds is 1. The number of hydrogen-bond acceptors (Lipinski definition) is 6. The van der Waals surface area contributed by atoms with Crippen LogP contribution >= 0.6 is 0 Å². The molecule has 0 spiro atoms. The summed E-state index contributed by atoms with van der Waals surface area (Å²) in [6, 6.07) is 6.89. The third-order valence-electron chi connectivity index (χ3n) is 1.87. The molecule has 0 radical (unpaired) electrons. The van der Waals surface area contributed by atoms with E-state index in [1.807, 2.05) is 6.07 Å². The topological polar surface area (TPSA) is 113 Å². The van der Waals surface area contributed by atoms with E-state index in [4.69, 9.17) is 20.7 Å². The minimum absolute atomic E-state index is 0.0289. The van der Waals surface area contributed by atoms with Crippen molar-refractivity contribution in [1.29, 1.82) is 10.5 Å². The van der Waals surface area contributed by atoms with E-state index in [1.54, 1.807) is 18.2 Å². The summed E-state index contributed by atoms with van der Waals surface area (Å²) in [5.74, 6) is 0.127. The molecule has 2 aromatic heterocycles. The zero-order valence-corrected chi connectivity index (χ0v) is 8.01. The van der Waals surface area contributed by atoms with Gasteiger partial charge in [0.25, 0.3) is 0 Å². The van der Waals surface area contributed by atoms with Crippen molar-refractivity contribution in [3.05, 3.63) is 29.6 Å². The Bertz CT molecular complexity index is 600. The highest BCUT2D eigenvalue weighted by Crippen LogP contribution is 2.21. The molecule has 0 aromatic carbocycles. The molecule has 0 aliphatic rings. The molecule has 16 heavy (non-hydrogen) atoms. The lowest BCUT2D eigenvalue weighted by Crippen LogP contribution is -1.85. The highest BCUT2D eigenvalue weighted by atomic mass is 16.4. The number of aromatic nitrogens is 2. The van der Waals surface area contributed by atoms with Crippen molar-refractivity contribution in [1.82, 2.24) is 9.97 Å². The van der Waals surface area contributed by atoms with E-state index in [0.717, 1.165) is 0 Å². The zero-order chi connectivity index (χ0) is 11.5. The van der Waals surface area contributed by atoms with Gasteiger partial charge in [-0.3, -0.25) is 0 Å². The fourth-order valence-corrected chi connectivity index (χ4v) is 1.11. The van der Waals surface area contributed by atoms with E-state index < -0.39 is 0 Å². The number of anilines is 1. The Kier molecular flexibility index (Phi) is 2.25. The van der Waals surface area contributed by atoms with E-state index in [0.29, 0.717) is 11.3 Å². The minimum atomic E-state index is -0.0383. The van der Waals surface area contributed by atoms with Crippen LogP contribution in [0.25, 0.3) is 11.6 Å². The molecule has 0 aliphatic carbocycles. The smallest absolute Gasteiger partial charge is 0.248 e. The van der Waals surface area contributed by atoms with Gasteiger partial charge in [-0.15, -0.1) is 0 Å². The van der Waals surface area contributed by atoms with Gasteiger partial charge in [0.2, 0.25) is 17.5 Å². The first kappa shape index (κ1) is 9.69. The maximum Gasteiger partial charge on any atom is 0.248 e. The number of nitriles is 2. The summed E-state index contributed by atoms with van der Waals surface area (Å²) in [5, 5.41) is 17.2. The van der Waals surface area contributed by atoms with Crippen LogP contribution in [-0.2, 0) is 0 Å². The molecule has 6 heteroatoms. The molecule has 2 heterocycles. The quantitative estimate of drug-likeness (QED) is 0.754. The average molecular weight is 211 g/mol. The highest BCUT2D eigenvalue weighted by molar-refractivity contribution is 5.54. The minimum Gasteiger partial charge on any atom is -0.418 e. The van der Waals surface area contributed by atoms with Crippen molar-refractivity contribution in [3.8, 4) is 23.7 Å². The van der Waals surface area contributed by atoms with Crippen molar-refractivity contribution < 1.29 is 4.42 Å². The molecule has 2 rings (SSSR count). The molecular weight excluding hydrogens is 206 g/mol. The first-order valence-corrected chi connectivity index (χ1v) is 4.27. The van der Waals surface area contributed by atoms with Gasteiger partial charge in [0.1, 0.15) is 17.8 Å². The summed E-state index contributed by atoms with van der Waals surface area (Å²) < 4.78 is 5.06. The van der Waals surface area contributed by atoms with Gasteiger partial charge in [0.05, 0.1) is 5.56 Å². The largest absolute Gasteiger partial charge is 0.418 e. The molecular formula is C10H5N5O. The summed E-state index contributed by atoms with van der Waals surface area (Å²) in [6.07, 6.45) is 1.39. The number of nitrogens with zero attached hydrogens (tertiary/aromatic N) is 4. The number of nitrogen functional groups attached to an aromatic ring is 1. The summed E-state index contributed by atoms with van der Waals surface area (Å²) in [5.41, 5.74) is 6.30. The normalized spacial score (nSPS) is 9.38. The molecule has 0 saturated heterocycles. The third-order valence-corrected chi connectivity index (χ3v) is 1.87. The van der Waals surface area contributed by atoms with Crippen LogP contribution < -0.4 is 5.73 Å². The van der Waals surface area contributed by atoms with Crippen molar-refractivity contribution in [2.45, 2.75) is 0 Å². The number of hydrogen-bond donors (Lipinski definition) is 1. The molecule has 0 saturated carbocycles. The molecule has 0 amide bonds. The van der Waals surface area contributed by atoms with Crippen LogP contribution in [0.5, 0.6) is 0 Å². The van der Waals surface area contributed by atoms with Crippen LogP contribution in [0, 0.1) is 22.7 Å². The fraction of sp³-hybridized carbons (Fsp3) is 0. The van der Waals surface area contributed by atoms with E-state index in [9.17, 15) is 0 Å². The SMILES string of the molecule is N#Cc1ccc(-c2nc(C#N)c(N)o2)nc1. The van der Waals surface area contributed by atoms with Crippen molar-refractivity contribution in [2.24, 2.45) is 0 Å². The maximum absolute atomic E-state index is 8.64. The zero-order valence-electron chi connectivity index (χ0n) is 8.01. The van der Waals surface area contributed by atoms with Crippen molar-refractivity contribution in [3.63, 3.8) is 0 Å². The van der Waals surface area contributed by atoms with Gasteiger partial charge in [-0.1, -0.05) is 0 Å². The van der Waals surface area contributed by atoms with Crippen LogP contribution in [-0.4, -0.2) is 9.97 Å². The van der Waals surface area contributed by atoms with Crippen LogP contribution in [0.4, 0.5) is 5.88 Å². The summed E-state index contributed by atoms with van der Waals surface area (Å²) in [6.45, 7) is 0. The molecule has 0 bridgehead atoms. The monoisotopic (exact) mass is 211 g/mol. The molecule has 0 aliphatic heterocycles. The van der Waals surface area contributed by atoms with Gasteiger partial charge in [-0.2, -0.15) is 15.5 Å². The van der Waals surface area contributed by atoms with Gasteiger partial charge in [0, 0.05) is 6.20 Å². The Morgan fingerprint density at radius 3 is 2.56 bits per heavy atom. The second-order valence-electron chi connectivity index (χ2n) is 2.89. The lowest BCUT2D eigenvalue weighted by molar-refractivity contribution is 0.591. The predicted octanol–water partition coefficient (Wildman–Crippen LogP) is 1.06. The Balaban J connectivity index is 2.44. The highest BCUT2D eigenvalue weighted by Gasteiger charge is 2.12. The van der Waals surface area contributed by atoms with Crippen LogP contribution in [0.2, 0.25) is 0 Å². The van der Waals surface area contributed by atoms with Gasteiger partial charge >= 0.3 is 0 Å². The fourth-order valence-electron chi connectivity index (χ4n) is 1.11. The van der Waals surface area contributed by atoms with E-state index in [1.165, 1.54) is 6.20 Å². The van der Waals surface area contributed by atoms with E-state index >= 15 is 0 Å². The van der Waals surface area contributed by atoms with E-state index in [2.05, 4.69) is 9.97 Å². The van der Waals surface area contributed by atoms with Gasteiger partial charge < -0.3 is 10.2 Å². The Hall–Kier alpha value is -2.86. The van der Waals surface area contributed by atoms with Gasteiger partial charge in [0.15, 0.2) is 0 Å².